The molecule has 0 aliphatic rings. The molecular formula is C21H38NO5+. The number of esters is 1. The van der Waals surface area contributed by atoms with Crippen molar-refractivity contribution in [3.63, 3.8) is 0 Å². The van der Waals surface area contributed by atoms with E-state index in [1.807, 2.05) is 39.4 Å². The second-order valence-electron chi connectivity index (χ2n) is 7.96. The van der Waals surface area contributed by atoms with E-state index in [4.69, 9.17) is 9.84 Å². The van der Waals surface area contributed by atoms with Gasteiger partial charge in [-0.25, -0.2) is 0 Å². The highest BCUT2D eigenvalue weighted by Crippen LogP contribution is 2.10. The van der Waals surface area contributed by atoms with Crippen molar-refractivity contribution in [1.82, 2.24) is 0 Å². The Hall–Kier alpha value is -1.66. The van der Waals surface area contributed by atoms with Gasteiger partial charge in [-0.1, -0.05) is 44.1 Å². The molecule has 0 radical (unpaired) electrons. The fourth-order valence-electron chi connectivity index (χ4n) is 2.60. The Kier molecular flexibility index (Phi) is 13.5. The zero-order valence-corrected chi connectivity index (χ0v) is 17.4. The van der Waals surface area contributed by atoms with Crippen LogP contribution in [-0.4, -0.2) is 66.5 Å². The normalized spacial score (nSPS) is 14.6. The Morgan fingerprint density at radius 1 is 1.11 bits per heavy atom. The van der Waals surface area contributed by atoms with Crippen molar-refractivity contribution in [2.45, 2.75) is 70.5 Å². The molecule has 0 aliphatic heterocycles. The molecule has 2 atom stereocenters. The quantitative estimate of drug-likeness (QED) is 0.196. The van der Waals surface area contributed by atoms with Crippen molar-refractivity contribution in [2.24, 2.45) is 0 Å². The number of hydrogen-bond acceptors (Lipinski definition) is 4. The number of hydrogen-bond donors (Lipinski definition) is 2. The number of likely N-dealkylation sites (N-methyl/N-ethyl adjacent to an activating group) is 1. The summed E-state index contributed by atoms with van der Waals surface area (Å²) in [5.41, 5.74) is 0. The van der Waals surface area contributed by atoms with Crippen LogP contribution >= 0.6 is 0 Å². The lowest BCUT2D eigenvalue weighted by Gasteiger charge is -2.28. The minimum atomic E-state index is -0.979. The van der Waals surface area contributed by atoms with Crippen LogP contribution in [0.3, 0.4) is 0 Å². The Morgan fingerprint density at radius 3 is 2.37 bits per heavy atom. The Labute approximate surface area is 164 Å². The summed E-state index contributed by atoms with van der Waals surface area (Å²) >= 11 is 0. The zero-order chi connectivity index (χ0) is 20.7. The lowest BCUT2D eigenvalue weighted by atomic mass is 10.1. The van der Waals surface area contributed by atoms with Crippen molar-refractivity contribution in [3.8, 4) is 0 Å². The number of carboxylic acids is 1. The molecule has 2 unspecified atom stereocenters. The number of aliphatic carboxylic acids is 1. The molecule has 0 saturated heterocycles. The highest BCUT2D eigenvalue weighted by Gasteiger charge is 2.24. The van der Waals surface area contributed by atoms with Crippen LogP contribution in [0, 0.1) is 0 Å². The van der Waals surface area contributed by atoms with Crippen LogP contribution in [0.1, 0.15) is 58.3 Å². The molecule has 156 valence electrons. The van der Waals surface area contributed by atoms with Crippen molar-refractivity contribution < 1.29 is 29.0 Å². The molecule has 2 N–H and O–H groups in total. The van der Waals surface area contributed by atoms with E-state index in [2.05, 4.69) is 13.0 Å². The maximum atomic E-state index is 12.0. The maximum Gasteiger partial charge on any atom is 0.307 e. The number of unbranched alkanes of at least 4 members (excludes halogenated alkanes) is 2. The molecule has 0 bridgehead atoms. The first kappa shape index (κ1) is 25.3. The fourth-order valence-corrected chi connectivity index (χ4v) is 2.60. The fraction of sp³-hybridized carbons (Fsp3) is 0.714. The summed E-state index contributed by atoms with van der Waals surface area (Å²) < 4.78 is 5.84. The van der Waals surface area contributed by atoms with Gasteiger partial charge in [0, 0.05) is 6.42 Å². The molecule has 6 heteroatoms. The molecular weight excluding hydrogens is 346 g/mol. The number of carboxylic acid groups (broad SMARTS) is 1. The average Bonchev–Trinajstić information content (AvgIpc) is 2.51. The van der Waals surface area contributed by atoms with Crippen molar-refractivity contribution >= 4 is 11.9 Å². The zero-order valence-electron chi connectivity index (χ0n) is 17.4. The largest absolute Gasteiger partial charge is 0.481 e. The number of aliphatic hydroxyl groups excluding tert-OH is 1. The SMILES string of the molecule is CCCC/C=C/C=C/CC(O)CCCC(=O)OC(CC(=O)O)C[N+](C)(C)C. The number of aliphatic hydroxyl groups is 1. The molecule has 0 aromatic carbocycles. The minimum Gasteiger partial charge on any atom is -0.481 e. The highest BCUT2D eigenvalue weighted by atomic mass is 16.5. The summed E-state index contributed by atoms with van der Waals surface area (Å²) in [6.07, 6.45) is 11.9. The number of carbonyl (C=O) groups excluding carboxylic acids is 1. The van der Waals surface area contributed by atoms with Gasteiger partial charge in [-0.3, -0.25) is 9.59 Å². The second-order valence-corrected chi connectivity index (χ2v) is 7.96. The van der Waals surface area contributed by atoms with Gasteiger partial charge in [0.25, 0.3) is 0 Å². The predicted molar refractivity (Wildman–Crippen MR) is 107 cm³/mol. The Bertz CT molecular complexity index is 479. The number of allylic oxidation sites excluding steroid dienone is 3. The summed E-state index contributed by atoms with van der Waals surface area (Å²) in [6.45, 7) is 2.60. The van der Waals surface area contributed by atoms with Gasteiger partial charge in [0.05, 0.1) is 33.7 Å². The van der Waals surface area contributed by atoms with Gasteiger partial charge in [-0.2, -0.15) is 0 Å². The predicted octanol–water partition coefficient (Wildman–Crippen LogP) is 3.30. The van der Waals surface area contributed by atoms with Crippen LogP contribution in [0.4, 0.5) is 0 Å². The number of rotatable bonds is 15. The van der Waals surface area contributed by atoms with Crippen LogP contribution in [0.15, 0.2) is 24.3 Å². The minimum absolute atomic E-state index is 0.185. The van der Waals surface area contributed by atoms with Crippen LogP contribution in [-0.2, 0) is 14.3 Å². The smallest absolute Gasteiger partial charge is 0.307 e. The van der Waals surface area contributed by atoms with Gasteiger partial charge >= 0.3 is 11.9 Å². The van der Waals surface area contributed by atoms with Crippen LogP contribution < -0.4 is 0 Å². The molecule has 0 spiro atoms. The van der Waals surface area contributed by atoms with Gasteiger partial charge < -0.3 is 19.4 Å². The number of ether oxygens (including phenoxy) is 1. The summed E-state index contributed by atoms with van der Waals surface area (Å²) in [5, 5.41) is 18.9. The van der Waals surface area contributed by atoms with Gasteiger partial charge in [0.15, 0.2) is 6.10 Å². The highest BCUT2D eigenvalue weighted by molar-refractivity contribution is 5.71. The molecule has 0 heterocycles. The molecule has 0 rings (SSSR count). The van der Waals surface area contributed by atoms with E-state index in [1.165, 1.54) is 12.8 Å². The van der Waals surface area contributed by atoms with E-state index in [1.54, 1.807) is 0 Å². The van der Waals surface area contributed by atoms with Crippen LogP contribution in [0.2, 0.25) is 0 Å². The Balaban J connectivity index is 4.09. The van der Waals surface area contributed by atoms with Crippen molar-refractivity contribution in [3.05, 3.63) is 24.3 Å². The summed E-state index contributed by atoms with van der Waals surface area (Å²) in [6, 6.07) is 0. The summed E-state index contributed by atoms with van der Waals surface area (Å²) in [4.78, 5) is 22.9. The lowest BCUT2D eigenvalue weighted by molar-refractivity contribution is -0.873. The maximum absolute atomic E-state index is 12.0. The van der Waals surface area contributed by atoms with Gasteiger partial charge in [0.2, 0.25) is 0 Å². The molecule has 6 nitrogen and oxygen atoms in total. The number of nitrogens with zero attached hydrogens (tertiary/aromatic N) is 1. The van der Waals surface area contributed by atoms with E-state index in [0.717, 1.165) is 6.42 Å². The first-order valence-electron chi connectivity index (χ1n) is 9.85. The monoisotopic (exact) mass is 384 g/mol. The first-order valence-corrected chi connectivity index (χ1v) is 9.85. The molecule has 0 aromatic rings. The third-order valence-corrected chi connectivity index (χ3v) is 3.89. The van der Waals surface area contributed by atoms with E-state index in [0.29, 0.717) is 30.3 Å². The molecule has 0 aromatic heterocycles. The molecule has 0 fully saturated rings. The van der Waals surface area contributed by atoms with Crippen LogP contribution in [0.25, 0.3) is 0 Å². The third-order valence-electron chi connectivity index (χ3n) is 3.89. The molecule has 0 aliphatic carbocycles. The third kappa shape index (κ3) is 17.5. The average molecular weight is 385 g/mol. The van der Waals surface area contributed by atoms with Gasteiger partial charge in [-0.15, -0.1) is 0 Å². The van der Waals surface area contributed by atoms with Crippen LogP contribution in [0.5, 0.6) is 0 Å². The van der Waals surface area contributed by atoms with Gasteiger partial charge in [-0.05, 0) is 25.7 Å². The number of quaternary nitrogens is 1. The first-order chi connectivity index (χ1) is 12.6. The van der Waals surface area contributed by atoms with E-state index in [-0.39, 0.29) is 12.8 Å². The topological polar surface area (TPSA) is 83.8 Å². The second kappa shape index (κ2) is 14.4. The van der Waals surface area contributed by atoms with E-state index >= 15 is 0 Å². The molecule has 0 saturated carbocycles. The van der Waals surface area contributed by atoms with E-state index in [9.17, 15) is 14.7 Å². The summed E-state index contributed by atoms with van der Waals surface area (Å²) in [7, 11) is 5.77. The van der Waals surface area contributed by atoms with Crippen molar-refractivity contribution in [1.29, 1.82) is 0 Å². The van der Waals surface area contributed by atoms with E-state index < -0.39 is 24.1 Å². The number of carbonyl (C=O) groups is 2. The Morgan fingerprint density at radius 2 is 1.78 bits per heavy atom. The molecule has 27 heavy (non-hydrogen) atoms. The molecule has 0 amide bonds. The van der Waals surface area contributed by atoms with Gasteiger partial charge in [0.1, 0.15) is 6.54 Å². The lowest BCUT2D eigenvalue weighted by Crippen LogP contribution is -2.43. The summed E-state index contributed by atoms with van der Waals surface area (Å²) in [5.74, 6) is -1.39. The standard InChI is InChI=1S/C21H37NO5/c1-5-6-7-8-9-10-11-13-18(23)14-12-15-21(26)27-19(16-20(24)25)17-22(2,3)4/h8-11,18-19,23H,5-7,12-17H2,1-4H3/p+1/b9-8+,11-10+. The van der Waals surface area contributed by atoms with Crippen molar-refractivity contribution in [2.75, 3.05) is 27.7 Å².